The van der Waals surface area contributed by atoms with E-state index in [1.54, 1.807) is 41.3 Å². The fraction of sp³-hybridized carbons (Fsp3) is 0.350. The van der Waals surface area contributed by atoms with E-state index >= 15 is 0 Å². The minimum Gasteiger partial charge on any atom is -0.382 e. The molecule has 0 N–H and O–H groups in total. The van der Waals surface area contributed by atoms with Crippen LogP contribution >= 0.6 is 23.2 Å². The molecule has 8 heteroatoms. The predicted molar refractivity (Wildman–Crippen MR) is 113 cm³/mol. The van der Waals surface area contributed by atoms with Gasteiger partial charge in [-0.2, -0.15) is 8.42 Å². The smallest absolute Gasteiger partial charge is 0.308 e. The normalized spacial score (nSPS) is 12.5. The zero-order valence-electron chi connectivity index (χ0n) is 16.0. The van der Waals surface area contributed by atoms with Crippen LogP contribution in [-0.4, -0.2) is 31.0 Å². The number of carbonyl (C=O) groups excluding carboxylic acids is 1. The van der Waals surface area contributed by atoms with Crippen LogP contribution in [0.25, 0.3) is 0 Å². The van der Waals surface area contributed by atoms with Crippen LogP contribution in [0.15, 0.2) is 42.5 Å². The standard InChI is InChI=1S/C20H23Cl2NO4S/c1-4-14(3)23(20(24)17-8-6-7-9-18(17)22)13-15-12-16(21)10-11-19(15)27-28(25,26)5-2/h6-12,14H,4-5,13H2,1-3H3/t14-/m0/s1. The van der Waals surface area contributed by atoms with Gasteiger partial charge >= 0.3 is 10.1 Å². The second-order valence-corrected chi connectivity index (χ2v) is 9.05. The number of halogens is 2. The van der Waals surface area contributed by atoms with Gasteiger partial charge < -0.3 is 9.08 Å². The monoisotopic (exact) mass is 443 g/mol. The molecule has 0 saturated carbocycles. The van der Waals surface area contributed by atoms with Crippen LogP contribution < -0.4 is 4.18 Å². The van der Waals surface area contributed by atoms with Crippen LogP contribution in [0.5, 0.6) is 5.75 Å². The van der Waals surface area contributed by atoms with Crippen LogP contribution in [-0.2, 0) is 16.7 Å². The first-order valence-corrected chi connectivity index (χ1v) is 11.3. The van der Waals surface area contributed by atoms with Crippen molar-refractivity contribution in [1.29, 1.82) is 0 Å². The van der Waals surface area contributed by atoms with Crippen molar-refractivity contribution < 1.29 is 17.4 Å². The van der Waals surface area contributed by atoms with Crippen molar-refractivity contribution in [3.05, 3.63) is 63.6 Å². The summed E-state index contributed by atoms with van der Waals surface area (Å²) < 4.78 is 29.1. The van der Waals surface area contributed by atoms with Crippen molar-refractivity contribution in [2.24, 2.45) is 0 Å². The molecule has 28 heavy (non-hydrogen) atoms. The average molecular weight is 444 g/mol. The molecule has 1 amide bonds. The summed E-state index contributed by atoms with van der Waals surface area (Å²) in [4.78, 5) is 14.8. The minimum absolute atomic E-state index is 0.113. The van der Waals surface area contributed by atoms with Crippen LogP contribution in [0.1, 0.15) is 43.1 Å². The maximum Gasteiger partial charge on any atom is 0.308 e. The van der Waals surface area contributed by atoms with E-state index in [9.17, 15) is 13.2 Å². The van der Waals surface area contributed by atoms with Crippen molar-refractivity contribution >= 4 is 39.2 Å². The lowest BCUT2D eigenvalue weighted by Gasteiger charge is -2.30. The first-order valence-electron chi connectivity index (χ1n) is 8.94. The van der Waals surface area contributed by atoms with E-state index in [1.807, 2.05) is 13.8 Å². The molecule has 0 aromatic heterocycles. The second-order valence-electron chi connectivity index (χ2n) is 6.35. The zero-order chi connectivity index (χ0) is 20.9. The molecule has 2 aromatic carbocycles. The van der Waals surface area contributed by atoms with Crippen molar-refractivity contribution in [3.63, 3.8) is 0 Å². The molecule has 0 fully saturated rings. The van der Waals surface area contributed by atoms with E-state index in [-0.39, 0.29) is 30.0 Å². The molecular weight excluding hydrogens is 421 g/mol. The first-order chi connectivity index (χ1) is 13.2. The zero-order valence-corrected chi connectivity index (χ0v) is 18.3. The van der Waals surface area contributed by atoms with E-state index in [2.05, 4.69) is 0 Å². The molecular formula is C20H23Cl2NO4S. The van der Waals surface area contributed by atoms with Gasteiger partial charge in [0.25, 0.3) is 5.91 Å². The largest absolute Gasteiger partial charge is 0.382 e. The number of rotatable bonds is 8. The van der Waals surface area contributed by atoms with Crippen LogP contribution in [0, 0.1) is 0 Å². The van der Waals surface area contributed by atoms with Crippen LogP contribution in [0.3, 0.4) is 0 Å². The summed E-state index contributed by atoms with van der Waals surface area (Å²) in [5.74, 6) is -0.251. The summed E-state index contributed by atoms with van der Waals surface area (Å²) in [5.41, 5.74) is 0.889. The van der Waals surface area contributed by atoms with Gasteiger partial charge in [-0.3, -0.25) is 4.79 Å². The summed E-state index contributed by atoms with van der Waals surface area (Å²) in [6.07, 6.45) is 0.709. The number of amides is 1. The molecule has 5 nitrogen and oxygen atoms in total. The van der Waals surface area contributed by atoms with Crippen molar-refractivity contribution in [2.75, 3.05) is 5.75 Å². The van der Waals surface area contributed by atoms with Gasteiger partial charge in [0.1, 0.15) is 5.75 Å². The van der Waals surface area contributed by atoms with Crippen molar-refractivity contribution in [1.82, 2.24) is 4.90 Å². The Kier molecular flexibility index (Phi) is 7.75. The van der Waals surface area contributed by atoms with E-state index in [1.165, 1.54) is 13.0 Å². The molecule has 0 saturated heterocycles. The fourth-order valence-electron chi connectivity index (χ4n) is 2.57. The molecule has 0 aliphatic carbocycles. The summed E-state index contributed by atoms with van der Waals surface area (Å²) in [6.45, 7) is 5.52. The first kappa shape index (κ1) is 22.5. The highest BCUT2D eigenvalue weighted by Crippen LogP contribution is 2.28. The molecule has 2 aromatic rings. The Labute approximate surface area is 176 Å². The molecule has 1 atom stereocenters. The van der Waals surface area contributed by atoms with Gasteiger partial charge in [-0.25, -0.2) is 0 Å². The summed E-state index contributed by atoms with van der Waals surface area (Å²) in [7, 11) is -3.72. The third-order valence-electron chi connectivity index (χ3n) is 4.42. The Bertz CT molecular complexity index is 947. The molecule has 0 bridgehead atoms. The van der Waals surface area contributed by atoms with Gasteiger partial charge in [-0.15, -0.1) is 0 Å². The van der Waals surface area contributed by atoms with E-state index < -0.39 is 10.1 Å². The van der Waals surface area contributed by atoms with Gasteiger partial charge in [-0.05, 0) is 50.6 Å². The minimum atomic E-state index is -3.72. The Hall–Kier alpha value is -1.76. The number of hydrogen-bond donors (Lipinski definition) is 0. The second kappa shape index (κ2) is 9.63. The van der Waals surface area contributed by atoms with Gasteiger partial charge in [-0.1, -0.05) is 42.3 Å². The van der Waals surface area contributed by atoms with Gasteiger partial charge in [0.05, 0.1) is 22.9 Å². The molecule has 152 valence electrons. The van der Waals surface area contributed by atoms with Crippen molar-refractivity contribution in [3.8, 4) is 5.75 Å². The van der Waals surface area contributed by atoms with E-state index in [0.717, 1.165) is 0 Å². The van der Waals surface area contributed by atoms with Gasteiger partial charge in [0, 0.05) is 16.6 Å². The quantitative estimate of drug-likeness (QED) is 0.528. The predicted octanol–water partition coefficient (Wildman–Crippen LogP) is 5.16. The highest BCUT2D eigenvalue weighted by atomic mass is 35.5. The number of nitrogens with zero attached hydrogens (tertiary/aromatic N) is 1. The molecule has 0 unspecified atom stereocenters. The van der Waals surface area contributed by atoms with Crippen molar-refractivity contribution in [2.45, 2.75) is 39.8 Å². The highest BCUT2D eigenvalue weighted by Gasteiger charge is 2.24. The molecule has 0 radical (unpaired) electrons. The van der Waals surface area contributed by atoms with E-state index in [4.69, 9.17) is 27.4 Å². The summed E-state index contributed by atoms with van der Waals surface area (Å²) in [6, 6.07) is 11.4. The topological polar surface area (TPSA) is 63.7 Å². The lowest BCUT2D eigenvalue weighted by molar-refractivity contribution is 0.0671. The number of hydrogen-bond acceptors (Lipinski definition) is 4. The number of benzene rings is 2. The molecule has 2 rings (SSSR count). The maximum atomic E-state index is 13.2. The third kappa shape index (κ3) is 5.63. The van der Waals surface area contributed by atoms with Gasteiger partial charge in [0.15, 0.2) is 0 Å². The summed E-state index contributed by atoms with van der Waals surface area (Å²) in [5, 5.41) is 0.780. The Balaban J connectivity index is 2.44. The number of carbonyl (C=O) groups is 1. The highest BCUT2D eigenvalue weighted by molar-refractivity contribution is 7.87. The lowest BCUT2D eigenvalue weighted by Crippen LogP contribution is -2.38. The Morgan fingerprint density at radius 1 is 1.14 bits per heavy atom. The van der Waals surface area contributed by atoms with E-state index in [0.29, 0.717) is 27.6 Å². The van der Waals surface area contributed by atoms with Crippen LogP contribution in [0.2, 0.25) is 10.0 Å². The fourth-order valence-corrected chi connectivity index (χ4v) is 3.53. The molecule has 0 heterocycles. The average Bonchev–Trinajstić information content (AvgIpc) is 2.67. The maximum absolute atomic E-state index is 13.2. The third-order valence-corrected chi connectivity index (χ3v) is 6.13. The van der Waals surface area contributed by atoms with Crippen LogP contribution in [0.4, 0.5) is 0 Å². The van der Waals surface area contributed by atoms with Gasteiger partial charge in [0.2, 0.25) is 0 Å². The summed E-state index contributed by atoms with van der Waals surface area (Å²) >= 11 is 12.3. The Morgan fingerprint density at radius 3 is 2.43 bits per heavy atom. The Morgan fingerprint density at radius 2 is 1.82 bits per heavy atom. The SMILES string of the molecule is CC[C@H](C)N(Cc1cc(Cl)ccc1OS(=O)(=O)CC)C(=O)c1ccccc1Cl. The molecule has 0 spiro atoms. The molecule has 0 aliphatic rings. The molecule has 0 aliphatic heterocycles. The lowest BCUT2D eigenvalue weighted by atomic mass is 10.1.